The summed E-state index contributed by atoms with van der Waals surface area (Å²) in [7, 11) is 6.50. The van der Waals surface area contributed by atoms with Gasteiger partial charge in [-0.05, 0) is 67.2 Å². The molecule has 1 aliphatic heterocycles. The molecule has 0 aliphatic carbocycles. The van der Waals surface area contributed by atoms with Crippen LogP contribution in [0, 0.1) is 0 Å². The zero-order chi connectivity index (χ0) is 14.6. The van der Waals surface area contributed by atoms with Crippen LogP contribution in [-0.2, 0) is 0 Å². The molecule has 1 saturated heterocycles. The van der Waals surface area contributed by atoms with Crippen molar-refractivity contribution in [2.24, 2.45) is 0 Å². The van der Waals surface area contributed by atoms with Crippen molar-refractivity contribution in [1.82, 2.24) is 13.7 Å². The minimum absolute atomic E-state index is 0. The minimum Gasteiger partial charge on any atom is -0.324 e. The fourth-order valence-electron chi connectivity index (χ4n) is 1.79. The molecule has 0 aromatic rings. The lowest BCUT2D eigenvalue weighted by Crippen LogP contribution is -2.55. The molecule has 1 rings (SSSR count). The second kappa shape index (κ2) is 11.8. The molecule has 1 fully saturated rings. The predicted molar refractivity (Wildman–Crippen MR) is 109 cm³/mol. The van der Waals surface area contributed by atoms with Gasteiger partial charge in [0.05, 0.1) is 0 Å². The van der Waals surface area contributed by atoms with E-state index in [0.717, 1.165) is 0 Å². The Bertz CT molecular complexity index is 220. The van der Waals surface area contributed by atoms with E-state index in [1.807, 2.05) is 0 Å². The summed E-state index contributed by atoms with van der Waals surface area (Å²) in [5.41, 5.74) is 0. The SMILES string of the molecule is C.C.C.CN(C)[Si](C)(C)N(C)C.C[Si](C)(C)N1CCCC1. The normalized spacial score (nSPS) is 15.6. The van der Waals surface area contributed by atoms with E-state index in [1.54, 1.807) is 0 Å². The monoisotopic (exact) mass is 337 g/mol. The molecular formula is C16H47N3Si2. The summed E-state index contributed by atoms with van der Waals surface area (Å²) in [4.78, 5) is 0. The zero-order valence-electron chi connectivity index (χ0n) is 14.2. The Morgan fingerprint density at radius 2 is 0.952 bits per heavy atom. The van der Waals surface area contributed by atoms with Gasteiger partial charge in [-0.3, -0.25) is 0 Å². The summed E-state index contributed by atoms with van der Waals surface area (Å²) in [5.74, 6) is 0. The van der Waals surface area contributed by atoms with E-state index < -0.39 is 16.6 Å². The average molecular weight is 338 g/mol. The topological polar surface area (TPSA) is 9.72 Å². The number of hydrogen-bond donors (Lipinski definition) is 0. The molecular weight excluding hydrogens is 290 g/mol. The van der Waals surface area contributed by atoms with Gasteiger partial charge in [-0.25, -0.2) is 0 Å². The molecule has 0 radical (unpaired) electrons. The maximum absolute atomic E-state index is 2.69. The van der Waals surface area contributed by atoms with Gasteiger partial charge in [0.1, 0.15) is 8.24 Å². The van der Waals surface area contributed by atoms with Gasteiger partial charge < -0.3 is 13.7 Å². The Hall–Kier alpha value is 0.314. The van der Waals surface area contributed by atoms with Crippen molar-refractivity contribution >= 4 is 16.6 Å². The molecule has 0 bridgehead atoms. The van der Waals surface area contributed by atoms with Crippen molar-refractivity contribution in [2.75, 3.05) is 41.3 Å². The Kier molecular flexibility index (Phi) is 16.5. The van der Waals surface area contributed by atoms with Crippen LogP contribution in [0.25, 0.3) is 0 Å². The molecule has 0 aromatic carbocycles. The molecule has 0 N–H and O–H groups in total. The van der Waals surface area contributed by atoms with Crippen LogP contribution in [0.15, 0.2) is 0 Å². The second-order valence-electron chi connectivity index (χ2n) is 7.15. The second-order valence-corrected chi connectivity index (χ2v) is 16.9. The van der Waals surface area contributed by atoms with Crippen molar-refractivity contribution in [2.45, 2.75) is 67.9 Å². The lowest BCUT2D eigenvalue weighted by molar-refractivity contribution is 0.495. The number of nitrogens with zero attached hydrogens (tertiary/aromatic N) is 3. The lowest BCUT2D eigenvalue weighted by atomic mass is 10.4. The largest absolute Gasteiger partial charge is 0.324 e. The van der Waals surface area contributed by atoms with E-state index in [2.05, 4.69) is 74.6 Å². The van der Waals surface area contributed by atoms with Crippen molar-refractivity contribution in [3.63, 3.8) is 0 Å². The van der Waals surface area contributed by atoms with Gasteiger partial charge >= 0.3 is 0 Å². The van der Waals surface area contributed by atoms with Crippen LogP contribution in [0.5, 0.6) is 0 Å². The summed E-state index contributed by atoms with van der Waals surface area (Å²) in [6, 6.07) is 0. The van der Waals surface area contributed by atoms with Gasteiger partial charge in [-0.1, -0.05) is 41.9 Å². The summed E-state index contributed by atoms with van der Waals surface area (Å²) in [5, 5.41) is 0. The fraction of sp³-hybridized carbons (Fsp3) is 1.00. The van der Waals surface area contributed by atoms with Gasteiger partial charge in [0, 0.05) is 0 Å². The smallest absolute Gasteiger partial charge is 0.199 e. The lowest BCUT2D eigenvalue weighted by Gasteiger charge is -2.35. The predicted octanol–water partition coefficient (Wildman–Crippen LogP) is 4.64. The molecule has 1 heterocycles. The molecule has 0 unspecified atom stereocenters. The van der Waals surface area contributed by atoms with Gasteiger partial charge in [0.15, 0.2) is 8.40 Å². The van der Waals surface area contributed by atoms with E-state index in [4.69, 9.17) is 0 Å². The van der Waals surface area contributed by atoms with Crippen molar-refractivity contribution in [3.05, 3.63) is 0 Å². The molecule has 1 aliphatic rings. The van der Waals surface area contributed by atoms with E-state index in [0.29, 0.717) is 0 Å². The number of hydrogen-bond acceptors (Lipinski definition) is 3. The quantitative estimate of drug-likeness (QED) is 0.695. The minimum atomic E-state index is -1.19. The average Bonchev–Trinajstić information content (AvgIpc) is 2.69. The third-order valence-electron chi connectivity index (χ3n) is 4.24. The van der Waals surface area contributed by atoms with Gasteiger partial charge in [-0.2, -0.15) is 0 Å². The van der Waals surface area contributed by atoms with Crippen LogP contribution >= 0.6 is 0 Å². The molecule has 0 spiro atoms. The van der Waals surface area contributed by atoms with Crippen LogP contribution in [-0.4, -0.2) is 71.6 Å². The molecule has 21 heavy (non-hydrogen) atoms. The highest BCUT2D eigenvalue weighted by Gasteiger charge is 2.26. The van der Waals surface area contributed by atoms with Crippen molar-refractivity contribution < 1.29 is 0 Å². The molecule has 0 aromatic heterocycles. The van der Waals surface area contributed by atoms with Crippen LogP contribution in [0.3, 0.4) is 0 Å². The number of rotatable bonds is 3. The zero-order valence-corrected chi connectivity index (χ0v) is 16.2. The Labute approximate surface area is 140 Å². The summed E-state index contributed by atoms with van der Waals surface area (Å²) >= 11 is 0. The molecule has 134 valence electrons. The molecule has 5 heteroatoms. The molecule has 3 nitrogen and oxygen atoms in total. The van der Waals surface area contributed by atoms with Crippen LogP contribution in [0.1, 0.15) is 35.1 Å². The van der Waals surface area contributed by atoms with Crippen LogP contribution in [0.4, 0.5) is 0 Å². The highest BCUT2D eigenvalue weighted by atomic mass is 28.3. The third-order valence-corrected chi connectivity index (χ3v) is 11.0. The maximum atomic E-state index is 2.69. The third kappa shape index (κ3) is 10.6. The highest BCUT2D eigenvalue weighted by Crippen LogP contribution is 2.16. The molecule has 0 saturated carbocycles. The van der Waals surface area contributed by atoms with Crippen LogP contribution in [0.2, 0.25) is 32.7 Å². The molecule has 0 atom stereocenters. The Morgan fingerprint density at radius 1 is 0.667 bits per heavy atom. The van der Waals surface area contributed by atoms with Crippen LogP contribution < -0.4 is 0 Å². The Balaban J connectivity index is -0.000000120. The molecule has 0 amide bonds. The van der Waals surface area contributed by atoms with E-state index in [1.165, 1.54) is 25.9 Å². The Morgan fingerprint density at radius 3 is 1.05 bits per heavy atom. The first-order valence-corrected chi connectivity index (χ1v) is 13.4. The van der Waals surface area contributed by atoms with E-state index in [-0.39, 0.29) is 22.3 Å². The van der Waals surface area contributed by atoms with E-state index in [9.17, 15) is 0 Å². The first-order chi connectivity index (χ1) is 7.99. The van der Waals surface area contributed by atoms with Gasteiger partial charge in [0.2, 0.25) is 0 Å². The van der Waals surface area contributed by atoms with E-state index >= 15 is 0 Å². The van der Waals surface area contributed by atoms with Crippen molar-refractivity contribution in [1.29, 1.82) is 0 Å². The fourth-order valence-corrected chi connectivity index (χ4v) is 4.25. The summed E-state index contributed by atoms with van der Waals surface area (Å²) in [6.07, 6.45) is 2.87. The summed E-state index contributed by atoms with van der Waals surface area (Å²) < 4.78 is 7.34. The maximum Gasteiger partial charge on any atom is 0.199 e. The standard InChI is InChI=1S/C7H17NSi.C6H18N2Si.3CH4/c1-9(2,3)8-6-4-5-7-8;1-7(2)9(5,6)8(3)4;;;/h4-7H2,1-3H3;1-6H3;3*1H4. The highest BCUT2D eigenvalue weighted by molar-refractivity contribution is 6.73. The summed E-state index contributed by atoms with van der Waals surface area (Å²) in [6.45, 7) is 14.7. The van der Waals surface area contributed by atoms with Crippen molar-refractivity contribution in [3.8, 4) is 0 Å². The van der Waals surface area contributed by atoms with Gasteiger partial charge in [0.25, 0.3) is 0 Å². The van der Waals surface area contributed by atoms with Gasteiger partial charge in [-0.15, -0.1) is 0 Å². The first kappa shape index (κ1) is 29.3. The first-order valence-electron chi connectivity index (χ1n) is 7.09.